The van der Waals surface area contributed by atoms with Crippen LogP contribution in [0.3, 0.4) is 0 Å². The van der Waals surface area contributed by atoms with Crippen molar-refractivity contribution in [2.75, 3.05) is 64.4 Å². The van der Waals surface area contributed by atoms with Crippen LogP contribution in [0.4, 0.5) is 19.1 Å². The second kappa shape index (κ2) is 23.2. The van der Waals surface area contributed by atoms with Gasteiger partial charge in [0.1, 0.15) is 18.7 Å². The second-order valence-electron chi connectivity index (χ2n) is 20.6. The Morgan fingerprint density at radius 3 is 2.30 bits per heavy atom. The van der Waals surface area contributed by atoms with Crippen LogP contribution in [0.2, 0.25) is 0 Å². The third kappa shape index (κ3) is 13.3. The van der Waals surface area contributed by atoms with Crippen molar-refractivity contribution in [2.45, 2.75) is 103 Å². The van der Waals surface area contributed by atoms with Gasteiger partial charge in [0.05, 0.1) is 45.4 Å². The fourth-order valence-corrected chi connectivity index (χ4v) is 10.9. The molecule has 3 aromatic carbocycles. The highest BCUT2D eigenvalue weighted by Gasteiger charge is 2.44. The lowest BCUT2D eigenvalue weighted by atomic mass is 9.85. The number of ether oxygens (including phenoxy) is 1. The number of nitrogens with zero attached hydrogens (tertiary/aromatic N) is 6. The van der Waals surface area contributed by atoms with Crippen molar-refractivity contribution in [3.8, 4) is 10.4 Å². The second-order valence-corrected chi connectivity index (χ2v) is 21.5. The van der Waals surface area contributed by atoms with Crippen LogP contribution in [0, 0.1) is 18.3 Å². The van der Waals surface area contributed by atoms with Gasteiger partial charge in [0.25, 0.3) is 5.91 Å². The minimum Gasteiger partial charge on any atom is -0.396 e. The summed E-state index contributed by atoms with van der Waals surface area (Å²) in [5, 5.41) is 29.0. The molecule has 0 bridgehead atoms. The van der Waals surface area contributed by atoms with Crippen molar-refractivity contribution in [3.63, 3.8) is 0 Å². The molecule has 16 nitrogen and oxygen atoms in total. The minimum absolute atomic E-state index is 0.0161. The predicted octanol–water partition coefficient (Wildman–Crippen LogP) is 6.41. The van der Waals surface area contributed by atoms with E-state index in [4.69, 9.17) is 9.72 Å². The van der Waals surface area contributed by atoms with Crippen molar-refractivity contribution in [1.82, 2.24) is 39.9 Å². The third-order valence-corrected chi connectivity index (χ3v) is 15.2. The lowest BCUT2D eigenvalue weighted by molar-refractivity contribution is -0.144. The number of fused-ring (bicyclic) bond motifs is 1. The van der Waals surface area contributed by atoms with Crippen LogP contribution < -0.4 is 16.0 Å². The molecule has 1 saturated carbocycles. The van der Waals surface area contributed by atoms with Gasteiger partial charge in [-0.15, -0.1) is 11.3 Å². The van der Waals surface area contributed by atoms with Crippen molar-refractivity contribution >= 4 is 51.9 Å². The lowest BCUT2D eigenvalue weighted by Gasteiger charge is -2.35. The minimum atomic E-state index is -4.59. The number of amides is 4. The summed E-state index contributed by atoms with van der Waals surface area (Å²) in [5.74, 6) is -1.51. The summed E-state index contributed by atoms with van der Waals surface area (Å²) in [6.45, 7) is 12.2. The first-order valence-corrected chi connectivity index (χ1v) is 25.9. The third-order valence-electron chi connectivity index (χ3n) is 14.2. The molecule has 2 aromatic heterocycles. The predicted molar refractivity (Wildman–Crippen MR) is 271 cm³/mol. The van der Waals surface area contributed by atoms with E-state index in [2.05, 4.69) is 30.7 Å². The van der Waals surface area contributed by atoms with Crippen LogP contribution in [0.25, 0.3) is 21.5 Å². The van der Waals surface area contributed by atoms with Gasteiger partial charge in [0.15, 0.2) is 0 Å². The number of rotatable bonds is 17. The Kier molecular flexibility index (Phi) is 17.0. The van der Waals surface area contributed by atoms with Gasteiger partial charge in [-0.2, -0.15) is 13.2 Å². The number of carbonyl (C=O) groups is 4. The van der Waals surface area contributed by atoms with Gasteiger partial charge in [-0.3, -0.25) is 34.3 Å². The van der Waals surface area contributed by atoms with Crippen molar-refractivity contribution in [3.05, 3.63) is 100 Å². The largest absolute Gasteiger partial charge is 0.416 e. The number of aliphatic hydroxyl groups excluding tert-OH is 2. The number of likely N-dealkylation sites (tertiary alicyclic amines) is 1. The Balaban J connectivity index is 0.801. The number of thiazole rings is 1. The van der Waals surface area contributed by atoms with Gasteiger partial charge in [0.2, 0.25) is 23.7 Å². The summed E-state index contributed by atoms with van der Waals surface area (Å²) in [7, 11) is 0. The van der Waals surface area contributed by atoms with Gasteiger partial charge in [-0.25, -0.2) is 9.97 Å². The average Bonchev–Trinajstić information content (AvgIpc) is 4.09. The zero-order valence-corrected chi connectivity index (χ0v) is 42.6. The quantitative estimate of drug-likeness (QED) is 0.0647. The maximum Gasteiger partial charge on any atom is 0.416 e. The van der Waals surface area contributed by atoms with Crippen molar-refractivity contribution in [1.29, 1.82) is 0 Å². The van der Waals surface area contributed by atoms with E-state index in [0.717, 1.165) is 96.8 Å². The van der Waals surface area contributed by atoms with Crippen LogP contribution in [0.1, 0.15) is 91.7 Å². The summed E-state index contributed by atoms with van der Waals surface area (Å²) in [5.41, 5.74) is 5.43. The monoisotopic (exact) mass is 1030 g/mol. The van der Waals surface area contributed by atoms with Gasteiger partial charge in [-0.05, 0) is 91.0 Å². The number of nitrogens with one attached hydrogen (secondary N) is 3. The Hall–Kier alpha value is -5.77. The maximum atomic E-state index is 14.1. The molecule has 8 rings (SSSR count). The number of aryl methyl sites for hydroxylation is 1. The number of aliphatic hydroxyl groups is 2. The molecule has 5 aromatic rings. The van der Waals surface area contributed by atoms with Gasteiger partial charge in [0, 0.05) is 77.0 Å². The van der Waals surface area contributed by atoms with E-state index in [-0.39, 0.29) is 62.1 Å². The molecule has 73 heavy (non-hydrogen) atoms. The number of hydrogen-bond donors (Lipinski definition) is 5. The molecule has 3 atom stereocenters. The molecule has 4 amide bonds. The number of imidazole rings is 1. The standard InChI is InChI=1S/C53H66F3N9O7S/c1-33-46(73-32-58-33)37-13-8-34(9-14-37)27-57-49(70)44-26-41(67)29-64(44)50(71)47(52(2,3)4)60-45(68)31-72-23-22-62-18-20-63(21-19-62)28-36-12-17-43-42(24-36)59-51(65(43)40-15-10-35(30-66)11-16-40)61-48(69)38-6-5-7-39(25-38)53(54,55)56/h5-9,12-14,17,24-25,32,35,40-41,44,47,66-67H,10-11,15-16,18-23,26-31H2,1-4H3,(H,57,70)(H,60,68)(H,59,61,69)/t35-,40+,41-,44+,47-/m1/s1. The number of piperazine rings is 1. The summed E-state index contributed by atoms with van der Waals surface area (Å²) in [6.07, 6.45) is -2.28. The zero-order chi connectivity index (χ0) is 52.0. The number of anilines is 1. The molecular formula is C53H66F3N9O7S. The average molecular weight is 1030 g/mol. The Morgan fingerprint density at radius 2 is 1.63 bits per heavy atom. The summed E-state index contributed by atoms with van der Waals surface area (Å²) >= 11 is 1.56. The molecule has 5 N–H and O–H groups in total. The normalized spacial score (nSPS) is 20.5. The smallest absolute Gasteiger partial charge is 0.396 e. The number of benzene rings is 3. The van der Waals surface area contributed by atoms with E-state index in [0.29, 0.717) is 25.2 Å². The molecule has 20 heteroatoms. The Bertz CT molecular complexity index is 2730. The topological polar surface area (TPSA) is 194 Å². The van der Waals surface area contributed by atoms with Crippen molar-refractivity contribution < 1.29 is 47.3 Å². The molecule has 3 fully saturated rings. The highest BCUT2D eigenvalue weighted by Crippen LogP contribution is 2.38. The van der Waals surface area contributed by atoms with Gasteiger partial charge in [-0.1, -0.05) is 57.2 Å². The number of carbonyl (C=O) groups excluding carboxylic acids is 4. The van der Waals surface area contributed by atoms with Crippen LogP contribution in [0.5, 0.6) is 0 Å². The first-order valence-electron chi connectivity index (χ1n) is 25.0. The number of hydrogen-bond acceptors (Lipinski definition) is 12. The molecule has 392 valence electrons. The molecule has 2 aliphatic heterocycles. The Labute approximate surface area is 427 Å². The summed E-state index contributed by atoms with van der Waals surface area (Å²) in [6, 6.07) is 16.3. The van der Waals surface area contributed by atoms with E-state index in [1.807, 2.05) is 74.7 Å². The first-order chi connectivity index (χ1) is 34.8. The Morgan fingerprint density at radius 1 is 0.918 bits per heavy atom. The number of alkyl halides is 3. The van der Waals surface area contributed by atoms with Gasteiger partial charge >= 0.3 is 6.18 Å². The molecule has 0 radical (unpaired) electrons. The molecule has 3 aliphatic rings. The highest BCUT2D eigenvalue weighted by atomic mass is 32.1. The van der Waals surface area contributed by atoms with Crippen LogP contribution in [0.15, 0.2) is 72.2 Å². The molecule has 0 unspecified atom stereocenters. The fourth-order valence-electron chi connectivity index (χ4n) is 10.1. The van der Waals surface area contributed by atoms with E-state index in [1.165, 1.54) is 17.0 Å². The molecule has 4 heterocycles. The SMILES string of the molecule is Cc1ncsc1-c1ccc(CNC(=O)[C@@H]2C[C@@H](O)CN2C(=O)[C@@H](NC(=O)COCCN2CCN(Cc3ccc4c(c3)nc(NC(=O)c3cccc(C(F)(F)F)c3)n4[C@H]3CC[C@@H](CO)CC3)CC2)C(C)(C)C)cc1. The molecule has 1 aliphatic carbocycles. The summed E-state index contributed by atoms with van der Waals surface area (Å²) < 4.78 is 48.2. The van der Waals surface area contributed by atoms with Gasteiger partial charge < -0.3 is 35.1 Å². The van der Waals surface area contributed by atoms with E-state index >= 15 is 0 Å². The molecule has 0 spiro atoms. The number of β-amino-alcohol motifs (C(OH)–C–C–N with tert-alkyl or cyclic N) is 1. The van der Waals surface area contributed by atoms with Crippen LogP contribution in [-0.2, 0) is 38.4 Å². The van der Waals surface area contributed by atoms with Crippen LogP contribution >= 0.6 is 11.3 Å². The van der Waals surface area contributed by atoms with Crippen molar-refractivity contribution in [2.24, 2.45) is 11.3 Å². The number of halogens is 3. The fraction of sp³-hybridized carbons (Fsp3) is 0.509. The zero-order valence-electron chi connectivity index (χ0n) is 41.8. The van der Waals surface area contributed by atoms with E-state index in [1.54, 1.807) is 16.8 Å². The highest BCUT2D eigenvalue weighted by molar-refractivity contribution is 7.13. The molecular weight excluding hydrogens is 964 g/mol. The maximum absolute atomic E-state index is 14.1. The van der Waals surface area contributed by atoms with E-state index < -0.39 is 53.1 Å². The van der Waals surface area contributed by atoms with Crippen LogP contribution in [-0.4, -0.2) is 140 Å². The van der Waals surface area contributed by atoms with E-state index in [9.17, 15) is 42.6 Å². The summed E-state index contributed by atoms with van der Waals surface area (Å²) in [4.78, 5) is 70.4. The lowest BCUT2D eigenvalue weighted by Crippen LogP contribution is -2.58. The number of aromatic nitrogens is 3. The first kappa shape index (κ1) is 53.5. The molecule has 2 saturated heterocycles.